The first-order valence-corrected chi connectivity index (χ1v) is 9.08. The van der Waals surface area contributed by atoms with Gasteiger partial charge in [0.15, 0.2) is 0 Å². The van der Waals surface area contributed by atoms with E-state index >= 15 is 0 Å². The number of carbonyl (C=O) groups is 1. The van der Waals surface area contributed by atoms with Crippen LogP contribution in [0.5, 0.6) is 0 Å². The Hall–Kier alpha value is -1.99. The quantitative estimate of drug-likeness (QED) is 0.837. The predicted octanol–water partition coefficient (Wildman–Crippen LogP) is 1.15. The van der Waals surface area contributed by atoms with Gasteiger partial charge in [0, 0.05) is 44.8 Å². The fourth-order valence-corrected chi connectivity index (χ4v) is 4.10. The SMILES string of the molecule is CC[C@@H]1CN(C(=O)c2ccc3c(c2)nnn3C)C[C@H]1N1CCOCC1. The molecule has 1 aromatic heterocycles. The molecule has 134 valence electrons. The highest BCUT2D eigenvalue weighted by molar-refractivity contribution is 5.97. The molecule has 2 fully saturated rings. The highest BCUT2D eigenvalue weighted by Crippen LogP contribution is 2.27. The summed E-state index contributed by atoms with van der Waals surface area (Å²) in [5.74, 6) is 0.629. The van der Waals surface area contributed by atoms with E-state index in [4.69, 9.17) is 4.74 Å². The second kappa shape index (κ2) is 6.72. The Morgan fingerprint density at radius 3 is 2.84 bits per heavy atom. The van der Waals surface area contributed by atoms with Gasteiger partial charge in [-0.3, -0.25) is 9.69 Å². The zero-order valence-corrected chi connectivity index (χ0v) is 14.9. The minimum atomic E-state index is 0.0989. The van der Waals surface area contributed by atoms with Gasteiger partial charge in [-0.15, -0.1) is 5.10 Å². The van der Waals surface area contributed by atoms with Crippen LogP contribution in [0.2, 0.25) is 0 Å². The van der Waals surface area contributed by atoms with Crippen LogP contribution in [0, 0.1) is 5.92 Å². The molecule has 1 amide bonds. The smallest absolute Gasteiger partial charge is 0.253 e. The van der Waals surface area contributed by atoms with Crippen molar-refractivity contribution in [1.29, 1.82) is 0 Å². The molecule has 2 aliphatic rings. The van der Waals surface area contributed by atoms with Gasteiger partial charge in [0.2, 0.25) is 0 Å². The van der Waals surface area contributed by atoms with Gasteiger partial charge in [0.1, 0.15) is 5.52 Å². The Balaban J connectivity index is 1.52. The number of aromatic nitrogens is 3. The van der Waals surface area contributed by atoms with Crippen LogP contribution in [0.25, 0.3) is 11.0 Å². The van der Waals surface area contributed by atoms with Gasteiger partial charge in [0.05, 0.1) is 18.7 Å². The number of ether oxygens (including phenoxy) is 1. The van der Waals surface area contributed by atoms with Gasteiger partial charge in [0.25, 0.3) is 5.91 Å². The lowest BCUT2D eigenvalue weighted by atomic mass is 9.99. The number of likely N-dealkylation sites (tertiary alicyclic amines) is 1. The van der Waals surface area contributed by atoms with Gasteiger partial charge >= 0.3 is 0 Å². The molecule has 4 rings (SSSR count). The monoisotopic (exact) mass is 343 g/mol. The minimum absolute atomic E-state index is 0.0989. The number of benzene rings is 1. The van der Waals surface area contributed by atoms with E-state index in [-0.39, 0.29) is 5.91 Å². The summed E-state index contributed by atoms with van der Waals surface area (Å²) in [6, 6.07) is 6.11. The van der Waals surface area contributed by atoms with E-state index in [1.54, 1.807) is 4.68 Å². The normalized spacial score (nSPS) is 25.0. The van der Waals surface area contributed by atoms with Gasteiger partial charge in [-0.2, -0.15) is 0 Å². The zero-order chi connectivity index (χ0) is 17.4. The van der Waals surface area contributed by atoms with Crippen molar-refractivity contribution < 1.29 is 9.53 Å². The number of carbonyl (C=O) groups excluding carboxylic acids is 1. The van der Waals surface area contributed by atoms with E-state index in [0.29, 0.717) is 17.5 Å². The van der Waals surface area contributed by atoms with E-state index in [1.807, 2.05) is 30.1 Å². The molecule has 2 atom stereocenters. The minimum Gasteiger partial charge on any atom is -0.379 e. The molecule has 0 spiro atoms. The van der Waals surface area contributed by atoms with Gasteiger partial charge < -0.3 is 9.64 Å². The summed E-state index contributed by atoms with van der Waals surface area (Å²) in [6.07, 6.45) is 1.09. The van der Waals surface area contributed by atoms with E-state index in [0.717, 1.165) is 56.8 Å². The van der Waals surface area contributed by atoms with Gasteiger partial charge in [-0.05, 0) is 24.1 Å². The summed E-state index contributed by atoms with van der Waals surface area (Å²) in [5.41, 5.74) is 2.41. The van der Waals surface area contributed by atoms with E-state index in [1.165, 1.54) is 0 Å². The molecular formula is C18H25N5O2. The molecular weight excluding hydrogens is 318 g/mol. The van der Waals surface area contributed by atoms with Crippen molar-refractivity contribution in [2.24, 2.45) is 13.0 Å². The topological polar surface area (TPSA) is 63.5 Å². The Kier molecular flexibility index (Phi) is 4.43. The molecule has 2 aromatic rings. The fourth-order valence-electron chi connectivity index (χ4n) is 4.10. The Labute approximate surface area is 147 Å². The van der Waals surface area contributed by atoms with E-state index < -0.39 is 0 Å². The third kappa shape index (κ3) is 3.02. The average molecular weight is 343 g/mol. The molecule has 0 saturated carbocycles. The van der Waals surface area contributed by atoms with Gasteiger partial charge in [-0.25, -0.2) is 4.68 Å². The molecule has 7 heteroatoms. The first-order chi connectivity index (χ1) is 12.2. The number of fused-ring (bicyclic) bond motifs is 1. The van der Waals surface area contributed by atoms with E-state index in [2.05, 4.69) is 22.1 Å². The summed E-state index contributed by atoms with van der Waals surface area (Å²) >= 11 is 0. The molecule has 0 bridgehead atoms. The first-order valence-electron chi connectivity index (χ1n) is 9.08. The van der Waals surface area contributed by atoms with Crippen molar-refractivity contribution in [3.05, 3.63) is 23.8 Å². The number of nitrogens with zero attached hydrogens (tertiary/aromatic N) is 5. The molecule has 2 saturated heterocycles. The van der Waals surface area contributed by atoms with Crippen LogP contribution in [-0.4, -0.2) is 76.1 Å². The number of aryl methyl sites for hydroxylation is 1. The van der Waals surface area contributed by atoms with Crippen molar-refractivity contribution in [3.8, 4) is 0 Å². The molecule has 3 heterocycles. The summed E-state index contributed by atoms with van der Waals surface area (Å²) < 4.78 is 7.20. The Morgan fingerprint density at radius 1 is 1.28 bits per heavy atom. The van der Waals surface area contributed by atoms with Crippen LogP contribution in [0.3, 0.4) is 0 Å². The third-order valence-corrected chi connectivity index (χ3v) is 5.59. The van der Waals surface area contributed by atoms with Crippen molar-refractivity contribution in [2.45, 2.75) is 19.4 Å². The molecule has 0 unspecified atom stereocenters. The van der Waals surface area contributed by atoms with E-state index in [9.17, 15) is 4.79 Å². The van der Waals surface area contributed by atoms with Crippen LogP contribution in [0.4, 0.5) is 0 Å². The Bertz CT molecular complexity index is 768. The van der Waals surface area contributed by atoms with Crippen molar-refractivity contribution in [3.63, 3.8) is 0 Å². The lowest BCUT2D eigenvalue weighted by Crippen LogP contribution is -2.47. The van der Waals surface area contributed by atoms with Crippen molar-refractivity contribution in [1.82, 2.24) is 24.8 Å². The zero-order valence-electron chi connectivity index (χ0n) is 14.9. The lowest BCUT2D eigenvalue weighted by molar-refractivity contribution is 0.0103. The van der Waals surface area contributed by atoms with Gasteiger partial charge in [-0.1, -0.05) is 18.6 Å². The van der Waals surface area contributed by atoms with Crippen LogP contribution in [0.15, 0.2) is 18.2 Å². The summed E-state index contributed by atoms with van der Waals surface area (Å²) in [5, 5.41) is 8.14. The molecule has 0 N–H and O–H groups in total. The predicted molar refractivity (Wildman–Crippen MR) is 94.4 cm³/mol. The second-order valence-corrected chi connectivity index (χ2v) is 7.01. The highest BCUT2D eigenvalue weighted by atomic mass is 16.5. The van der Waals surface area contributed by atoms with Crippen LogP contribution in [-0.2, 0) is 11.8 Å². The van der Waals surface area contributed by atoms with Crippen LogP contribution >= 0.6 is 0 Å². The van der Waals surface area contributed by atoms with Crippen LogP contribution < -0.4 is 0 Å². The summed E-state index contributed by atoms with van der Waals surface area (Å²) in [4.78, 5) is 17.5. The number of hydrogen-bond donors (Lipinski definition) is 0. The third-order valence-electron chi connectivity index (χ3n) is 5.59. The summed E-state index contributed by atoms with van der Waals surface area (Å²) in [7, 11) is 1.86. The second-order valence-electron chi connectivity index (χ2n) is 7.01. The molecule has 0 radical (unpaired) electrons. The molecule has 25 heavy (non-hydrogen) atoms. The standard InChI is InChI=1S/C18H25N5O2/c1-3-13-11-23(12-17(13)22-6-8-25-9-7-22)18(24)14-4-5-16-15(10-14)19-20-21(16)2/h4-5,10,13,17H,3,6-9,11-12H2,1-2H3/t13-,17-/m1/s1. The molecule has 2 aliphatic heterocycles. The number of amides is 1. The Morgan fingerprint density at radius 2 is 2.08 bits per heavy atom. The maximum atomic E-state index is 13.0. The maximum absolute atomic E-state index is 13.0. The van der Waals surface area contributed by atoms with Crippen molar-refractivity contribution in [2.75, 3.05) is 39.4 Å². The maximum Gasteiger partial charge on any atom is 0.253 e. The lowest BCUT2D eigenvalue weighted by Gasteiger charge is -2.34. The summed E-state index contributed by atoms with van der Waals surface area (Å²) in [6.45, 7) is 7.38. The molecule has 1 aromatic carbocycles. The average Bonchev–Trinajstić information content (AvgIpc) is 3.25. The largest absolute Gasteiger partial charge is 0.379 e. The number of morpholine rings is 1. The number of rotatable bonds is 3. The molecule has 7 nitrogen and oxygen atoms in total. The molecule has 0 aliphatic carbocycles. The fraction of sp³-hybridized carbons (Fsp3) is 0.611. The number of hydrogen-bond acceptors (Lipinski definition) is 5. The van der Waals surface area contributed by atoms with Crippen molar-refractivity contribution >= 4 is 16.9 Å². The highest BCUT2D eigenvalue weighted by Gasteiger charge is 2.38. The first kappa shape index (κ1) is 16.5. The van der Waals surface area contributed by atoms with Crippen LogP contribution in [0.1, 0.15) is 23.7 Å².